The SMILES string of the molecule is CC[C@H](C)[C@H](NC(=O)[C@@H]1C[C@@H](O)CN1C(=O)[C@@H](N)C(C)C)C(=O)N[C@@H](CCN)C(=O)N[C@@H](Cc1ccc(O)cc1)C(=O)N[C@@H](CO)C(=O)N[C@@H](CC(N)=O)C(=O)N[C@@H](CCCNC(=N)N)C(=O)N[C@@H](CCN)C(=O)N[C@H](C(=O)N[C@H](CCN)C(=O)N[C@@H](CCCCN)C(=O)N[C@@H](CCN)C(=O)N[C@@H](CCN)C(=O)N[C@@H](CCC(=O)O)C(=O)N[C@@H](Cc1ccc(O)cc1)C(=O)O)[C@@H](C)O. The Morgan fingerprint density at radius 1 is 0.436 bits per heavy atom. The van der Waals surface area contributed by atoms with Crippen LogP contribution in [0.3, 0.4) is 0 Å². The first-order valence-corrected chi connectivity index (χ1v) is 43.7. The summed E-state index contributed by atoms with van der Waals surface area (Å²) in [6.07, 6.45) is -7.77. The molecule has 16 amide bonds. The maximum Gasteiger partial charge on any atom is 0.326 e. The number of phenols is 2. The van der Waals surface area contributed by atoms with E-state index in [0.29, 0.717) is 12.0 Å². The van der Waals surface area contributed by atoms with E-state index >= 15 is 0 Å². The van der Waals surface area contributed by atoms with Gasteiger partial charge in [-0.2, -0.15) is 0 Å². The van der Waals surface area contributed by atoms with Gasteiger partial charge < -0.3 is 172 Å². The average Bonchev–Trinajstić information content (AvgIpc) is 1.68. The molecule has 51 nitrogen and oxygen atoms in total. The van der Waals surface area contributed by atoms with Gasteiger partial charge in [-0.1, -0.05) is 58.4 Å². The Kier molecular flexibility index (Phi) is 50.8. The third-order valence-electron chi connectivity index (χ3n) is 21.5. The fraction of sp³-hybridized carbons (Fsp3) is 0.622. The molecular formula is C82H136N26O25. The maximum atomic E-state index is 14.5. The average molecular weight is 1890 g/mol. The van der Waals surface area contributed by atoms with Crippen molar-refractivity contribution >= 4 is 112 Å². The van der Waals surface area contributed by atoms with Gasteiger partial charge in [0.2, 0.25) is 94.5 Å². The zero-order chi connectivity index (χ0) is 100. The number of aliphatic hydroxyl groups excluding tert-OH is 3. The highest BCUT2D eigenvalue weighted by molar-refractivity contribution is 6.02. The molecule has 0 bridgehead atoms. The van der Waals surface area contributed by atoms with Crippen LogP contribution in [0.4, 0.5) is 0 Å². The van der Waals surface area contributed by atoms with Crippen LogP contribution in [0, 0.1) is 17.2 Å². The Labute approximate surface area is 767 Å². The number of carbonyl (C=O) groups excluding carboxylic acids is 16. The quantitative estimate of drug-likeness (QED) is 0.0166. The Hall–Kier alpha value is -12.6. The van der Waals surface area contributed by atoms with Gasteiger partial charge in [-0.05, 0) is 164 Å². The standard InChI is InChI=1S/C82H136N26O25/c1-6-41(4)64(106-77(128)60-36-47(113)38-108(60)80(131)63(90)40(2)3)78(129)100-54(25-31-87)72(123)102-56(34-43-12-16-45(111)17-13-43)74(125)105-59(39-109)76(127)103-57(37-61(89)114)75(126)95-49(11-9-33-93-82(91)92)67(118)99-55(26-32-88)73(124)107-65(42(5)110)79(130)101-53(24-30-86)71(122)94-48(10-7-8-27-83)66(117)97-52(23-29-85)70(121)98-51(22-28-84)69(120)96-50(20-21-62(115)116)68(119)104-58(81(132)133)35-44-14-18-46(112)19-15-44/h12-19,40-42,47-60,63-65,109-113H,6-11,20-39,83-88,90H2,1-5H3,(H2,89,114)(H,94,122)(H,95,126)(H,96,120)(H,97,117)(H,98,121)(H,99,118)(H,100,129)(H,101,130)(H,102,123)(H,103,127)(H,104,119)(H,105,125)(H,106,128)(H,107,124)(H,115,116)(H,132,133)(H4,91,92,93)/t41-,42+,47+,48-,49-,50-,51-,52-,53+,54-,55-,56-,57-,58-,59-,60-,63-,64-,65-/m0/s1. The molecule has 19 atom stereocenters. The van der Waals surface area contributed by atoms with Crippen molar-refractivity contribution in [3.63, 3.8) is 0 Å². The molecule has 51 heteroatoms. The lowest BCUT2D eigenvalue weighted by Gasteiger charge is -2.31. The van der Waals surface area contributed by atoms with Gasteiger partial charge >= 0.3 is 11.9 Å². The summed E-state index contributed by atoms with van der Waals surface area (Å²) < 4.78 is 0. The minimum Gasteiger partial charge on any atom is -0.508 e. The number of hydrogen-bond acceptors (Lipinski definition) is 31. The lowest BCUT2D eigenvalue weighted by molar-refractivity contribution is -0.143. The van der Waals surface area contributed by atoms with E-state index in [-0.39, 0.29) is 140 Å². The molecule has 2 aromatic rings. The molecule has 133 heavy (non-hydrogen) atoms. The van der Waals surface area contributed by atoms with Gasteiger partial charge in [0.05, 0.1) is 31.3 Å². The van der Waals surface area contributed by atoms with E-state index in [1.807, 2.05) is 0 Å². The molecule has 1 aliphatic rings. The number of aliphatic hydroxyl groups is 3. The molecule has 3 rings (SSSR count). The first-order chi connectivity index (χ1) is 62.8. The summed E-state index contributed by atoms with van der Waals surface area (Å²) >= 11 is 0. The molecule has 744 valence electrons. The molecule has 0 saturated carbocycles. The van der Waals surface area contributed by atoms with Crippen LogP contribution < -0.4 is 131 Å². The number of primary amides is 1. The second kappa shape index (κ2) is 59.0. The van der Waals surface area contributed by atoms with E-state index < -0.39 is 272 Å². The normalized spacial score (nSPS) is 16.7. The van der Waals surface area contributed by atoms with E-state index in [2.05, 4.69) is 79.8 Å². The molecule has 0 aliphatic carbocycles. The monoisotopic (exact) mass is 1890 g/mol. The highest BCUT2D eigenvalue weighted by Gasteiger charge is 2.45. The highest BCUT2D eigenvalue weighted by Crippen LogP contribution is 2.23. The summed E-state index contributed by atoms with van der Waals surface area (Å²) in [5.41, 5.74) is 53.1. The molecule has 41 N–H and O–H groups in total. The number of phenolic OH excluding ortho intramolecular Hbond substituents is 2. The van der Waals surface area contributed by atoms with Crippen LogP contribution in [0.15, 0.2) is 48.5 Å². The number of benzene rings is 2. The van der Waals surface area contributed by atoms with Crippen molar-refractivity contribution in [3.8, 4) is 11.5 Å². The minimum absolute atomic E-state index is 0.105. The van der Waals surface area contributed by atoms with Crippen molar-refractivity contribution in [1.82, 2.24) is 84.7 Å². The second-order valence-corrected chi connectivity index (χ2v) is 32.5. The maximum absolute atomic E-state index is 14.5. The molecule has 0 radical (unpaired) electrons. The number of rotatable bonds is 62. The minimum atomic E-state index is -2.05. The van der Waals surface area contributed by atoms with E-state index in [1.165, 1.54) is 48.5 Å². The van der Waals surface area contributed by atoms with E-state index in [0.717, 1.165) is 11.8 Å². The Morgan fingerprint density at radius 2 is 0.782 bits per heavy atom. The number of guanidine groups is 1. The molecule has 0 aromatic heterocycles. The first-order valence-electron chi connectivity index (χ1n) is 43.7. The summed E-state index contributed by atoms with van der Waals surface area (Å²) in [6.45, 7) is 4.81. The summed E-state index contributed by atoms with van der Waals surface area (Å²) in [4.78, 5) is 251. The Balaban J connectivity index is 1.90. The number of aliphatic carboxylic acids is 2. The zero-order valence-electron chi connectivity index (χ0n) is 75.2. The van der Waals surface area contributed by atoms with Crippen LogP contribution >= 0.6 is 0 Å². The number of carboxylic acids is 2. The molecule has 0 spiro atoms. The van der Waals surface area contributed by atoms with Crippen molar-refractivity contribution in [1.29, 1.82) is 5.41 Å². The highest BCUT2D eigenvalue weighted by atomic mass is 16.4. The lowest BCUT2D eigenvalue weighted by atomic mass is 9.96. The van der Waals surface area contributed by atoms with Crippen molar-refractivity contribution < 1.29 is 122 Å². The van der Waals surface area contributed by atoms with Crippen molar-refractivity contribution in [2.24, 2.45) is 63.4 Å². The number of amides is 16. The number of likely N-dealkylation sites (tertiary alicyclic amines) is 1. The Bertz CT molecular complexity index is 4230. The van der Waals surface area contributed by atoms with Crippen LogP contribution in [-0.2, 0) is 99.1 Å². The summed E-state index contributed by atoms with van der Waals surface area (Å²) in [5, 5.41) is 115. The fourth-order valence-electron chi connectivity index (χ4n) is 13.7. The largest absolute Gasteiger partial charge is 0.508 e. The number of carbonyl (C=O) groups is 18. The smallest absolute Gasteiger partial charge is 0.326 e. The second-order valence-electron chi connectivity index (χ2n) is 32.5. The number of unbranched alkanes of at least 4 members (excludes halogenated alkanes) is 1. The molecule has 1 fully saturated rings. The number of aromatic hydroxyl groups is 2. The number of β-amino-alcohol motifs (C(OH)–C–C–N with tert-alkyl or cyclic N) is 1. The molecule has 2 aromatic carbocycles. The third kappa shape index (κ3) is 39.8. The molecule has 1 aliphatic heterocycles. The first kappa shape index (κ1) is 115. The predicted octanol–water partition coefficient (Wildman–Crippen LogP) is -12.0. The Morgan fingerprint density at radius 3 is 1.16 bits per heavy atom. The predicted molar refractivity (Wildman–Crippen MR) is 477 cm³/mol. The van der Waals surface area contributed by atoms with Crippen molar-refractivity contribution in [2.45, 2.75) is 253 Å². The summed E-state index contributed by atoms with van der Waals surface area (Å²) in [6, 6.07) is -15.6. The molecular weight excluding hydrogens is 1750 g/mol. The number of nitrogens with zero attached hydrogens (tertiary/aromatic N) is 1. The number of carboxylic acid groups (broad SMARTS) is 2. The van der Waals surface area contributed by atoms with Crippen LogP contribution in [0.2, 0.25) is 0 Å². The van der Waals surface area contributed by atoms with E-state index in [1.54, 1.807) is 27.7 Å². The topological polar surface area (TPSA) is 891 Å². The lowest BCUT2D eigenvalue weighted by Crippen LogP contribution is -2.62. The van der Waals surface area contributed by atoms with Crippen LogP contribution in [0.25, 0.3) is 0 Å². The van der Waals surface area contributed by atoms with Crippen molar-refractivity contribution in [2.75, 3.05) is 59.0 Å². The van der Waals surface area contributed by atoms with Gasteiger partial charge in [-0.25, -0.2) is 4.79 Å². The van der Waals surface area contributed by atoms with Gasteiger partial charge in [-0.3, -0.25) is 86.9 Å². The molecule has 1 saturated heterocycles. The number of nitrogens with two attached hydrogens (primary N) is 9. The van der Waals surface area contributed by atoms with Gasteiger partial charge in [0.25, 0.3) is 0 Å². The van der Waals surface area contributed by atoms with Crippen molar-refractivity contribution in [3.05, 3.63) is 59.7 Å². The third-order valence-corrected chi connectivity index (χ3v) is 21.5. The van der Waals surface area contributed by atoms with Crippen LogP contribution in [-0.4, -0.2) is 321 Å². The number of nitrogens with one attached hydrogen (secondary N) is 16. The van der Waals surface area contributed by atoms with Crippen LogP contribution in [0.5, 0.6) is 11.5 Å². The molecule has 0 unspecified atom stereocenters. The molecule has 1 heterocycles. The summed E-state index contributed by atoms with van der Waals surface area (Å²) in [5.74, 6) is -22.2. The van der Waals surface area contributed by atoms with Gasteiger partial charge in [0.1, 0.15) is 102 Å². The van der Waals surface area contributed by atoms with E-state index in [4.69, 9.17) is 57.0 Å². The summed E-state index contributed by atoms with van der Waals surface area (Å²) in [7, 11) is 0. The van der Waals surface area contributed by atoms with Gasteiger partial charge in [0, 0.05) is 38.8 Å². The van der Waals surface area contributed by atoms with Gasteiger partial charge in [0.15, 0.2) is 5.96 Å². The zero-order valence-corrected chi connectivity index (χ0v) is 75.2. The van der Waals surface area contributed by atoms with Gasteiger partial charge in [-0.15, -0.1) is 0 Å². The van der Waals surface area contributed by atoms with E-state index in [9.17, 15) is 122 Å². The number of hydrogen-bond donors (Lipinski definition) is 32. The fourth-order valence-corrected chi connectivity index (χ4v) is 13.7. The van der Waals surface area contributed by atoms with Crippen LogP contribution in [0.1, 0.15) is 142 Å².